The number of para-hydroxylation sites is 1. The summed E-state index contributed by atoms with van der Waals surface area (Å²) in [6, 6.07) is 15.6. The van der Waals surface area contributed by atoms with E-state index >= 15 is 0 Å². The Morgan fingerprint density at radius 1 is 0.800 bits per heavy atom. The Labute approximate surface area is 259 Å². The quantitative estimate of drug-likeness (QED) is 0.446. The summed E-state index contributed by atoms with van der Waals surface area (Å²) < 4.78 is 73.7. The van der Waals surface area contributed by atoms with Crippen LogP contribution in [0.15, 0.2) is 60.7 Å². The Morgan fingerprint density at radius 3 is 2.11 bits per heavy atom. The monoisotopic (exact) mass is 639 g/mol. The maximum absolute atomic E-state index is 14.4. The topological polar surface area (TPSA) is 114 Å². The summed E-state index contributed by atoms with van der Waals surface area (Å²) in [5.41, 5.74) is 2.60. The molecule has 2 aliphatic carbocycles. The zero-order valence-corrected chi connectivity index (χ0v) is 25.4. The van der Waals surface area contributed by atoms with Crippen molar-refractivity contribution in [1.82, 2.24) is 14.5 Å². The van der Waals surface area contributed by atoms with E-state index in [9.17, 15) is 26.8 Å². The molecule has 13 heteroatoms. The number of methoxy groups -OCH3 is 2. The predicted octanol–water partition coefficient (Wildman–Crippen LogP) is 4.15. The minimum atomic E-state index is -4.83. The zero-order valence-electron chi connectivity index (χ0n) is 24.6. The predicted molar refractivity (Wildman–Crippen MR) is 157 cm³/mol. The molecule has 2 fully saturated rings. The largest absolute Gasteiger partial charge is 0.453 e. The Hall–Kier alpha value is -4.23. The van der Waals surface area contributed by atoms with Gasteiger partial charge in [0.15, 0.2) is 11.6 Å². The summed E-state index contributed by atoms with van der Waals surface area (Å²) in [6.45, 7) is 0.636. The van der Waals surface area contributed by atoms with Crippen molar-refractivity contribution in [2.24, 2.45) is 0 Å². The van der Waals surface area contributed by atoms with Gasteiger partial charge in [0.2, 0.25) is 5.75 Å². The van der Waals surface area contributed by atoms with Crippen LogP contribution in [0.1, 0.15) is 40.7 Å². The molecule has 3 aromatic carbocycles. The lowest BCUT2D eigenvalue weighted by molar-refractivity contribution is 0.111. The average molecular weight is 640 g/mol. The molecule has 7 rings (SSSR count). The summed E-state index contributed by atoms with van der Waals surface area (Å²) in [4.78, 5) is 29.1. The first-order valence-electron chi connectivity index (χ1n) is 14.6. The van der Waals surface area contributed by atoms with Gasteiger partial charge < -0.3 is 23.5 Å². The van der Waals surface area contributed by atoms with E-state index in [1.54, 1.807) is 4.90 Å². The molecule has 0 spiro atoms. The molecule has 3 aromatic rings. The van der Waals surface area contributed by atoms with Gasteiger partial charge in [-0.05, 0) is 65.6 Å². The van der Waals surface area contributed by atoms with Crippen molar-refractivity contribution in [3.8, 4) is 5.75 Å². The SMILES string of the molecule is COC(=O)N1CC[C@]2(c3cccc4c3CC3N(C(=O)OC)CC[C@@]43NS(=O)(=O)Oc3c(F)cccc3F)c3ccccc3CC12. The molecular formula is C32H31F2N3O7S. The standard InChI is InChI=1S/C32H31F2N3O7S/c1-42-29(38)36-15-13-31(21-8-4-3-7-19(21)17-26(31)36)22-9-5-10-23-20(22)18-27-32(23,14-16-37(27)30(39)43-2)35-45(40,41)44-28-24(33)11-6-12-25(28)34/h3-12,26-27,35H,13-18H2,1-2H3/t26?,27?,31-,32-/m1/s1. The molecular weight excluding hydrogens is 608 g/mol. The van der Waals surface area contributed by atoms with Crippen molar-refractivity contribution in [3.63, 3.8) is 0 Å². The van der Waals surface area contributed by atoms with E-state index in [2.05, 4.69) is 16.9 Å². The Balaban J connectivity index is 1.37. The fourth-order valence-electron chi connectivity index (χ4n) is 8.37. The van der Waals surface area contributed by atoms with Crippen LogP contribution >= 0.6 is 0 Å². The molecule has 0 radical (unpaired) electrons. The van der Waals surface area contributed by atoms with Gasteiger partial charge in [-0.15, -0.1) is 0 Å². The van der Waals surface area contributed by atoms with Crippen molar-refractivity contribution in [3.05, 3.63) is 100 Å². The number of hydrogen-bond acceptors (Lipinski definition) is 7. The van der Waals surface area contributed by atoms with Gasteiger partial charge in [-0.2, -0.15) is 13.1 Å². The van der Waals surface area contributed by atoms with Crippen LogP contribution in [0.25, 0.3) is 0 Å². The highest BCUT2D eigenvalue weighted by atomic mass is 32.2. The maximum Gasteiger partial charge on any atom is 0.409 e. The Bertz CT molecular complexity index is 1820. The second-order valence-corrected chi connectivity index (χ2v) is 13.2. The molecule has 236 valence electrons. The van der Waals surface area contributed by atoms with Crippen LogP contribution in [-0.2, 0) is 43.6 Å². The minimum absolute atomic E-state index is 0.160. The number of ether oxygens (including phenoxy) is 2. The molecule has 2 aliphatic heterocycles. The van der Waals surface area contributed by atoms with E-state index in [1.807, 2.05) is 30.3 Å². The first kappa shape index (κ1) is 29.5. The second-order valence-electron chi connectivity index (χ2n) is 11.9. The lowest BCUT2D eigenvalue weighted by atomic mass is 9.70. The molecule has 2 saturated heterocycles. The molecule has 2 amide bonds. The van der Waals surface area contributed by atoms with Crippen LogP contribution in [0.3, 0.4) is 0 Å². The number of likely N-dealkylation sites (tertiary alicyclic amines) is 2. The highest BCUT2D eigenvalue weighted by Gasteiger charge is 2.61. The van der Waals surface area contributed by atoms with Crippen molar-refractivity contribution in [2.45, 2.75) is 48.7 Å². The van der Waals surface area contributed by atoms with Gasteiger partial charge in [0.1, 0.15) is 0 Å². The van der Waals surface area contributed by atoms with Gasteiger partial charge in [0.05, 0.1) is 31.8 Å². The van der Waals surface area contributed by atoms with E-state index in [1.165, 1.54) is 19.1 Å². The summed E-state index contributed by atoms with van der Waals surface area (Å²) in [5, 5.41) is 0. The average Bonchev–Trinajstić information content (AvgIpc) is 3.74. The van der Waals surface area contributed by atoms with E-state index in [0.717, 1.165) is 40.5 Å². The smallest absolute Gasteiger partial charge is 0.409 e. The van der Waals surface area contributed by atoms with E-state index in [4.69, 9.17) is 13.7 Å². The molecule has 4 aliphatic rings. The Kier molecular flexibility index (Phi) is 6.82. The number of benzene rings is 3. The van der Waals surface area contributed by atoms with Crippen molar-refractivity contribution >= 4 is 22.5 Å². The zero-order chi connectivity index (χ0) is 31.7. The number of rotatable bonds is 5. The van der Waals surface area contributed by atoms with Crippen LogP contribution in [0.4, 0.5) is 18.4 Å². The summed E-state index contributed by atoms with van der Waals surface area (Å²) >= 11 is 0. The summed E-state index contributed by atoms with van der Waals surface area (Å²) in [7, 11) is -2.21. The van der Waals surface area contributed by atoms with E-state index in [0.29, 0.717) is 24.9 Å². The number of nitrogens with zero attached hydrogens (tertiary/aromatic N) is 2. The maximum atomic E-state index is 14.4. The first-order valence-corrected chi connectivity index (χ1v) is 16.0. The highest BCUT2D eigenvalue weighted by molar-refractivity contribution is 7.85. The molecule has 2 unspecified atom stereocenters. The lowest BCUT2D eigenvalue weighted by Gasteiger charge is -2.35. The third kappa shape index (κ3) is 4.23. The van der Waals surface area contributed by atoms with Crippen molar-refractivity contribution < 1.29 is 40.4 Å². The molecule has 45 heavy (non-hydrogen) atoms. The van der Waals surface area contributed by atoms with Crippen LogP contribution in [0.5, 0.6) is 5.75 Å². The summed E-state index contributed by atoms with van der Waals surface area (Å²) in [5.74, 6) is -3.40. The Morgan fingerprint density at radius 2 is 1.40 bits per heavy atom. The van der Waals surface area contributed by atoms with E-state index < -0.39 is 56.9 Å². The number of halogens is 2. The number of nitrogens with one attached hydrogen (secondary N) is 1. The number of carbonyl (C=O) groups is 2. The van der Waals surface area contributed by atoms with Crippen LogP contribution in [-0.4, -0.2) is 69.8 Å². The molecule has 0 aromatic heterocycles. The van der Waals surface area contributed by atoms with E-state index in [-0.39, 0.29) is 25.4 Å². The highest BCUT2D eigenvalue weighted by Crippen LogP contribution is 2.57. The third-order valence-electron chi connectivity index (χ3n) is 10.1. The van der Waals surface area contributed by atoms with Crippen molar-refractivity contribution in [2.75, 3.05) is 27.3 Å². The number of amides is 2. The molecule has 0 bridgehead atoms. The normalized spacial score (nSPS) is 26.2. The van der Waals surface area contributed by atoms with Crippen LogP contribution in [0, 0.1) is 11.6 Å². The van der Waals surface area contributed by atoms with Gasteiger partial charge in [-0.1, -0.05) is 48.5 Å². The van der Waals surface area contributed by atoms with Gasteiger partial charge in [-0.25, -0.2) is 18.4 Å². The molecule has 10 nitrogen and oxygen atoms in total. The van der Waals surface area contributed by atoms with Gasteiger partial charge in [0.25, 0.3) is 0 Å². The molecule has 0 saturated carbocycles. The molecule has 4 atom stereocenters. The van der Waals surface area contributed by atoms with Gasteiger partial charge >= 0.3 is 22.5 Å². The van der Waals surface area contributed by atoms with Crippen LogP contribution in [0.2, 0.25) is 0 Å². The fraction of sp³-hybridized carbons (Fsp3) is 0.375. The number of fused-ring (bicyclic) bond motifs is 6. The minimum Gasteiger partial charge on any atom is -0.453 e. The summed E-state index contributed by atoms with van der Waals surface area (Å²) in [6.07, 6.45) is 0.611. The van der Waals surface area contributed by atoms with Crippen molar-refractivity contribution in [1.29, 1.82) is 0 Å². The molecule has 1 N–H and O–H groups in total. The molecule has 2 heterocycles. The lowest BCUT2D eigenvalue weighted by Crippen LogP contribution is -2.53. The number of hydrogen-bond donors (Lipinski definition) is 1. The third-order valence-corrected chi connectivity index (χ3v) is 11.1. The fourth-order valence-corrected chi connectivity index (χ4v) is 9.58. The number of carbonyl (C=O) groups excluding carboxylic acids is 2. The van der Waals surface area contributed by atoms with Crippen LogP contribution < -0.4 is 8.91 Å². The second kappa shape index (κ2) is 10.4. The van der Waals surface area contributed by atoms with Gasteiger partial charge in [0, 0.05) is 18.5 Å². The first-order chi connectivity index (χ1) is 21.6. The van der Waals surface area contributed by atoms with Gasteiger partial charge in [-0.3, -0.25) is 0 Å².